The van der Waals surface area contributed by atoms with Crippen molar-refractivity contribution in [2.24, 2.45) is 5.92 Å². The van der Waals surface area contributed by atoms with Gasteiger partial charge in [0.05, 0.1) is 21.6 Å². The summed E-state index contributed by atoms with van der Waals surface area (Å²) in [4.78, 5) is 95.4. The fraction of sp³-hybridized carbons (Fsp3) is 0.568. The molecule has 0 radical (unpaired) electrons. The van der Waals surface area contributed by atoms with Crippen molar-refractivity contribution in [3.63, 3.8) is 0 Å². The van der Waals surface area contributed by atoms with E-state index < -0.39 is 85.8 Å². The van der Waals surface area contributed by atoms with Crippen LogP contribution in [-0.4, -0.2) is 107 Å². The molecule has 1 saturated carbocycles. The highest BCUT2D eigenvalue weighted by molar-refractivity contribution is 8.18. The number of nitrogens with one attached hydrogen (secondary N) is 5. The molecule has 1 spiro atoms. The van der Waals surface area contributed by atoms with E-state index in [4.69, 9.17) is 4.74 Å². The normalized spacial score (nSPS) is 19.3. The molecule has 0 bridgehead atoms. The van der Waals surface area contributed by atoms with Gasteiger partial charge in [0.15, 0.2) is 6.04 Å². The van der Waals surface area contributed by atoms with Crippen LogP contribution in [-0.2, 0) is 48.3 Å². The standard InChI is InChI=1S/C44H60N6O10S3/c1-6-14-33(38(53)40(55)45-26-35(52)48-37(30-17-11-8-12-18-30)42(57)60-43(3,4)5)47-39(54)34-25-44(61-23-13-24-62-44)27-50(34)41(56)36(29-15-9-7-10-16-29)49-63(58,59)32-21-19-31(20-22-32)46-28(2)51/h8,11-12,17-22,29,33-34,36-37,49H,6-7,9-10,13-16,23-27H2,1-5H3,(H,45,55)(H,46,51)(H,47,54)(H,48,52). The summed E-state index contributed by atoms with van der Waals surface area (Å²) in [5, 5.41) is 10.2. The van der Waals surface area contributed by atoms with Crippen molar-refractivity contribution in [3.05, 3.63) is 60.2 Å². The number of amides is 5. The lowest BCUT2D eigenvalue weighted by Crippen LogP contribution is -2.58. The van der Waals surface area contributed by atoms with Gasteiger partial charge in [-0.1, -0.05) is 62.9 Å². The summed E-state index contributed by atoms with van der Waals surface area (Å²) in [6.07, 6.45) is 5.45. The number of hydrogen-bond donors (Lipinski definition) is 5. The number of likely N-dealkylation sites (tertiary alicyclic amines) is 1. The van der Waals surface area contributed by atoms with Gasteiger partial charge in [-0.2, -0.15) is 4.72 Å². The summed E-state index contributed by atoms with van der Waals surface area (Å²) in [7, 11) is -4.25. The van der Waals surface area contributed by atoms with E-state index in [0.717, 1.165) is 37.2 Å². The molecule has 344 valence electrons. The number of carbonyl (C=O) groups excluding carboxylic acids is 7. The van der Waals surface area contributed by atoms with Crippen LogP contribution >= 0.6 is 23.5 Å². The van der Waals surface area contributed by atoms with Gasteiger partial charge >= 0.3 is 5.97 Å². The second-order valence-electron chi connectivity index (χ2n) is 17.2. The Labute approximate surface area is 378 Å². The molecule has 0 aromatic heterocycles. The fourth-order valence-electron chi connectivity index (χ4n) is 8.01. The van der Waals surface area contributed by atoms with Crippen LogP contribution in [0.15, 0.2) is 59.5 Å². The lowest BCUT2D eigenvalue weighted by Gasteiger charge is -2.35. The number of thioether (sulfide) groups is 2. The van der Waals surface area contributed by atoms with E-state index >= 15 is 0 Å². The lowest BCUT2D eigenvalue weighted by atomic mass is 9.83. The highest BCUT2D eigenvalue weighted by Gasteiger charge is 2.53. The highest BCUT2D eigenvalue weighted by atomic mass is 32.2. The van der Waals surface area contributed by atoms with Gasteiger partial charge < -0.3 is 30.9 Å². The number of sulfonamides is 1. The molecular weight excluding hydrogens is 869 g/mol. The summed E-state index contributed by atoms with van der Waals surface area (Å²) in [5.41, 5.74) is 0.0247. The SMILES string of the molecule is CCCC(NC(=O)C1CC2(CN1C(=O)C(NS(=O)(=O)c1ccc(NC(C)=O)cc1)C1CCCCC1)SCCCS2)C(=O)C(=O)NCC(=O)NC(C(=O)OC(C)(C)C)c1ccccc1. The molecule has 63 heavy (non-hydrogen) atoms. The predicted molar refractivity (Wildman–Crippen MR) is 242 cm³/mol. The Morgan fingerprint density at radius 3 is 2.14 bits per heavy atom. The molecule has 16 nitrogen and oxygen atoms in total. The Balaban J connectivity index is 1.32. The van der Waals surface area contributed by atoms with Gasteiger partial charge in [-0.3, -0.25) is 28.8 Å². The van der Waals surface area contributed by atoms with Crippen molar-refractivity contribution in [1.82, 2.24) is 25.6 Å². The first-order chi connectivity index (χ1) is 29.8. The van der Waals surface area contributed by atoms with E-state index in [9.17, 15) is 42.0 Å². The number of hydrogen-bond acceptors (Lipinski definition) is 12. The summed E-state index contributed by atoms with van der Waals surface area (Å²) >= 11 is 3.31. The molecule has 2 aliphatic heterocycles. The predicted octanol–water partition coefficient (Wildman–Crippen LogP) is 4.21. The third kappa shape index (κ3) is 13.8. The smallest absolute Gasteiger partial charge is 0.333 e. The minimum atomic E-state index is -4.25. The Bertz CT molecular complexity index is 2090. The molecular formula is C44H60N6O10S3. The molecule has 2 saturated heterocycles. The van der Waals surface area contributed by atoms with E-state index in [2.05, 4.69) is 26.0 Å². The van der Waals surface area contributed by atoms with E-state index in [1.165, 1.54) is 36.1 Å². The van der Waals surface area contributed by atoms with E-state index in [1.807, 2.05) is 0 Å². The number of benzene rings is 2. The fourth-order valence-corrected chi connectivity index (χ4v) is 12.6. The second-order valence-corrected chi connectivity index (χ2v) is 22.1. The zero-order valence-electron chi connectivity index (χ0n) is 36.5. The van der Waals surface area contributed by atoms with Gasteiger partial charge in [0.2, 0.25) is 39.4 Å². The number of nitrogens with zero attached hydrogens (tertiary/aromatic N) is 1. The second kappa shape index (κ2) is 22.0. The van der Waals surface area contributed by atoms with Gasteiger partial charge in [0.25, 0.3) is 5.91 Å². The van der Waals surface area contributed by atoms with Crippen molar-refractivity contribution in [2.45, 2.75) is 131 Å². The van der Waals surface area contributed by atoms with Gasteiger partial charge in [-0.15, -0.1) is 23.5 Å². The van der Waals surface area contributed by atoms with Crippen LogP contribution < -0.4 is 26.0 Å². The highest BCUT2D eigenvalue weighted by Crippen LogP contribution is 2.51. The third-order valence-electron chi connectivity index (χ3n) is 11.0. The van der Waals surface area contributed by atoms with Crippen LogP contribution in [0.3, 0.4) is 0 Å². The van der Waals surface area contributed by atoms with Crippen LogP contribution in [0.2, 0.25) is 0 Å². The van der Waals surface area contributed by atoms with Gasteiger partial charge in [0.1, 0.15) is 17.7 Å². The Kier molecular flexibility index (Phi) is 17.3. The quantitative estimate of drug-likeness (QED) is 0.111. The first kappa shape index (κ1) is 49.6. The minimum Gasteiger partial charge on any atom is -0.458 e. The molecule has 1 aliphatic carbocycles. The number of rotatable bonds is 17. The summed E-state index contributed by atoms with van der Waals surface area (Å²) in [6.45, 7) is 7.72. The van der Waals surface area contributed by atoms with Gasteiger partial charge in [-0.05, 0) is 93.7 Å². The first-order valence-corrected chi connectivity index (χ1v) is 24.9. The summed E-state index contributed by atoms with van der Waals surface area (Å²) < 4.78 is 35.5. The topological polar surface area (TPSA) is 226 Å². The van der Waals surface area contributed by atoms with Crippen molar-refractivity contribution in [1.29, 1.82) is 0 Å². The van der Waals surface area contributed by atoms with Crippen LogP contribution in [0.1, 0.15) is 104 Å². The maximum atomic E-state index is 14.9. The average molecular weight is 929 g/mol. The summed E-state index contributed by atoms with van der Waals surface area (Å²) in [6, 6.07) is 9.33. The number of carbonyl (C=O) groups is 7. The Morgan fingerprint density at radius 2 is 1.54 bits per heavy atom. The Hall–Kier alpha value is -4.46. The number of ether oxygens (including phenoxy) is 1. The molecule has 3 aliphatic rings. The van der Waals surface area contributed by atoms with Crippen LogP contribution in [0.4, 0.5) is 5.69 Å². The van der Waals surface area contributed by atoms with Crippen molar-refractivity contribution >= 4 is 80.5 Å². The lowest BCUT2D eigenvalue weighted by molar-refractivity contribution is -0.158. The molecule has 2 heterocycles. The molecule has 3 fully saturated rings. The molecule has 2 aromatic carbocycles. The van der Waals surface area contributed by atoms with Crippen molar-refractivity contribution in [2.75, 3.05) is 29.9 Å². The van der Waals surface area contributed by atoms with Crippen LogP contribution in [0.25, 0.3) is 0 Å². The largest absolute Gasteiger partial charge is 0.458 e. The monoisotopic (exact) mass is 928 g/mol. The first-order valence-electron chi connectivity index (χ1n) is 21.5. The molecule has 5 amide bonds. The Morgan fingerprint density at radius 1 is 0.889 bits per heavy atom. The average Bonchev–Trinajstić information content (AvgIpc) is 3.61. The van der Waals surface area contributed by atoms with Crippen LogP contribution in [0, 0.1) is 5.92 Å². The number of ketones is 1. The van der Waals surface area contributed by atoms with E-state index in [0.29, 0.717) is 30.5 Å². The van der Waals surface area contributed by atoms with Crippen molar-refractivity contribution in [3.8, 4) is 0 Å². The molecule has 4 atom stereocenters. The van der Waals surface area contributed by atoms with Crippen molar-refractivity contribution < 1.29 is 46.7 Å². The van der Waals surface area contributed by atoms with Crippen LogP contribution in [0.5, 0.6) is 0 Å². The summed E-state index contributed by atoms with van der Waals surface area (Å²) in [5.74, 6) is -3.80. The van der Waals surface area contributed by atoms with E-state index in [-0.39, 0.29) is 36.1 Å². The number of anilines is 1. The molecule has 5 N–H and O–H groups in total. The van der Waals surface area contributed by atoms with E-state index in [1.54, 1.807) is 81.6 Å². The zero-order chi connectivity index (χ0) is 46.0. The van der Waals surface area contributed by atoms with Gasteiger partial charge in [0, 0.05) is 25.6 Å². The maximum Gasteiger partial charge on any atom is 0.333 e. The molecule has 19 heteroatoms. The molecule has 5 rings (SSSR count). The molecule has 4 unspecified atom stereocenters. The number of esters is 1. The zero-order valence-corrected chi connectivity index (χ0v) is 39.0. The number of Topliss-reactive ketones (excluding diaryl/α,β-unsaturated/α-hetero) is 1. The molecule has 2 aromatic rings. The van der Waals surface area contributed by atoms with Gasteiger partial charge in [-0.25, -0.2) is 13.2 Å². The minimum absolute atomic E-state index is 0.0828. The third-order valence-corrected chi connectivity index (χ3v) is 15.8. The maximum absolute atomic E-state index is 14.9.